The lowest BCUT2D eigenvalue weighted by Gasteiger charge is -2.10. The monoisotopic (exact) mass is 423 g/mol. The van der Waals surface area contributed by atoms with Gasteiger partial charge in [0.25, 0.3) is 0 Å². The van der Waals surface area contributed by atoms with Gasteiger partial charge in [0.05, 0.1) is 21.0 Å². The molecule has 1 amide bonds. The third kappa shape index (κ3) is 4.71. The average Bonchev–Trinajstić information content (AvgIpc) is 3.05. The number of anilines is 2. The fraction of sp³-hybridized carbons (Fsp3) is 0.111. The molecule has 0 radical (unpaired) electrons. The van der Waals surface area contributed by atoms with Gasteiger partial charge in [-0.3, -0.25) is 4.79 Å². The Bertz CT molecular complexity index is 946. The van der Waals surface area contributed by atoms with Crippen molar-refractivity contribution in [3.05, 3.63) is 57.9 Å². The predicted molar refractivity (Wildman–Crippen MR) is 112 cm³/mol. The van der Waals surface area contributed by atoms with Crippen LogP contribution in [-0.4, -0.2) is 16.1 Å². The standard InChI is InChI=1S/C18H15Cl2N3OS2/c1-10(26-13-4-2-3-12(21)8-13)17(24)23-18-22-16(9-25-18)11-5-6-14(19)15(20)7-11/h2-10H,21H2,1H3,(H,22,23,24). The second-order valence-electron chi connectivity index (χ2n) is 5.49. The van der Waals surface area contributed by atoms with E-state index in [2.05, 4.69) is 10.3 Å². The molecular formula is C18H15Cl2N3OS2. The molecular weight excluding hydrogens is 409 g/mol. The molecule has 1 aromatic heterocycles. The van der Waals surface area contributed by atoms with Crippen molar-refractivity contribution in [2.75, 3.05) is 11.1 Å². The number of nitrogen functional groups attached to an aromatic ring is 1. The van der Waals surface area contributed by atoms with Crippen molar-refractivity contribution in [1.29, 1.82) is 0 Å². The van der Waals surface area contributed by atoms with Crippen molar-refractivity contribution in [1.82, 2.24) is 4.98 Å². The molecule has 3 rings (SSSR count). The van der Waals surface area contributed by atoms with Gasteiger partial charge >= 0.3 is 0 Å². The van der Waals surface area contributed by atoms with E-state index in [9.17, 15) is 4.79 Å². The Kier molecular flexibility index (Phi) is 6.09. The predicted octanol–water partition coefficient (Wildman–Crippen LogP) is 5.82. The number of hydrogen-bond donors (Lipinski definition) is 2. The van der Waals surface area contributed by atoms with Gasteiger partial charge in [-0.2, -0.15) is 0 Å². The van der Waals surface area contributed by atoms with Gasteiger partial charge in [0.15, 0.2) is 5.13 Å². The van der Waals surface area contributed by atoms with E-state index >= 15 is 0 Å². The van der Waals surface area contributed by atoms with Crippen LogP contribution in [0.3, 0.4) is 0 Å². The van der Waals surface area contributed by atoms with Crippen molar-refractivity contribution in [3.63, 3.8) is 0 Å². The molecule has 1 unspecified atom stereocenters. The Morgan fingerprint density at radius 3 is 2.77 bits per heavy atom. The highest BCUT2D eigenvalue weighted by atomic mass is 35.5. The number of thioether (sulfide) groups is 1. The number of nitrogens with one attached hydrogen (secondary N) is 1. The van der Waals surface area contributed by atoms with E-state index in [4.69, 9.17) is 28.9 Å². The topological polar surface area (TPSA) is 68.0 Å². The van der Waals surface area contributed by atoms with Gasteiger partial charge in [0.1, 0.15) is 0 Å². The van der Waals surface area contributed by atoms with Crippen LogP contribution >= 0.6 is 46.3 Å². The maximum Gasteiger partial charge on any atom is 0.239 e. The highest BCUT2D eigenvalue weighted by molar-refractivity contribution is 8.00. The number of benzene rings is 2. The number of rotatable bonds is 5. The molecule has 8 heteroatoms. The van der Waals surface area contributed by atoms with Crippen LogP contribution in [0.1, 0.15) is 6.92 Å². The minimum Gasteiger partial charge on any atom is -0.399 e. The summed E-state index contributed by atoms with van der Waals surface area (Å²) >= 11 is 14.8. The fourth-order valence-electron chi connectivity index (χ4n) is 2.17. The molecule has 1 atom stereocenters. The van der Waals surface area contributed by atoms with E-state index in [1.807, 2.05) is 42.6 Å². The summed E-state index contributed by atoms with van der Waals surface area (Å²) in [5, 5.41) is 5.93. The first-order valence-corrected chi connectivity index (χ1v) is 10.2. The Labute approximate surface area is 169 Å². The molecule has 0 aliphatic rings. The molecule has 26 heavy (non-hydrogen) atoms. The second kappa shape index (κ2) is 8.31. The van der Waals surface area contributed by atoms with Crippen molar-refractivity contribution in [2.45, 2.75) is 17.1 Å². The Hall–Kier alpha value is -1.73. The van der Waals surface area contributed by atoms with Crippen molar-refractivity contribution in [3.8, 4) is 11.3 Å². The van der Waals surface area contributed by atoms with Gasteiger partial charge in [-0.25, -0.2) is 4.98 Å². The molecule has 0 spiro atoms. The zero-order valence-electron chi connectivity index (χ0n) is 13.7. The summed E-state index contributed by atoms with van der Waals surface area (Å²) in [6.45, 7) is 1.84. The number of nitrogens with zero attached hydrogens (tertiary/aromatic N) is 1. The van der Waals surface area contributed by atoms with E-state index < -0.39 is 0 Å². The van der Waals surface area contributed by atoms with Gasteiger partial charge in [0.2, 0.25) is 5.91 Å². The molecule has 0 fully saturated rings. The van der Waals surface area contributed by atoms with Crippen molar-refractivity contribution in [2.24, 2.45) is 0 Å². The van der Waals surface area contributed by atoms with E-state index in [0.717, 1.165) is 16.2 Å². The van der Waals surface area contributed by atoms with Gasteiger partial charge in [0, 0.05) is 21.5 Å². The number of thiazole rings is 1. The molecule has 134 valence electrons. The molecule has 0 bridgehead atoms. The highest BCUT2D eigenvalue weighted by Crippen LogP contribution is 2.31. The fourth-order valence-corrected chi connectivity index (χ4v) is 4.13. The lowest BCUT2D eigenvalue weighted by molar-refractivity contribution is -0.115. The quantitative estimate of drug-likeness (QED) is 0.400. The highest BCUT2D eigenvalue weighted by Gasteiger charge is 2.16. The number of carbonyl (C=O) groups is 1. The summed E-state index contributed by atoms with van der Waals surface area (Å²) in [6, 6.07) is 12.8. The van der Waals surface area contributed by atoms with E-state index in [-0.39, 0.29) is 11.2 Å². The molecule has 2 aromatic carbocycles. The minimum absolute atomic E-state index is 0.118. The van der Waals surface area contributed by atoms with E-state index in [0.29, 0.717) is 20.9 Å². The number of hydrogen-bond acceptors (Lipinski definition) is 5. The van der Waals surface area contributed by atoms with Crippen LogP contribution in [0, 0.1) is 0 Å². The first-order valence-electron chi connectivity index (χ1n) is 7.66. The maximum absolute atomic E-state index is 12.4. The van der Waals surface area contributed by atoms with E-state index in [1.165, 1.54) is 23.1 Å². The normalized spacial score (nSPS) is 12.0. The third-order valence-corrected chi connectivity index (χ3v) is 6.08. The summed E-state index contributed by atoms with van der Waals surface area (Å²) in [5.41, 5.74) is 8.03. The van der Waals surface area contributed by atoms with Crippen LogP contribution < -0.4 is 11.1 Å². The van der Waals surface area contributed by atoms with E-state index in [1.54, 1.807) is 12.1 Å². The minimum atomic E-state index is -0.283. The lowest BCUT2D eigenvalue weighted by Crippen LogP contribution is -2.22. The number of nitrogens with two attached hydrogens (primary N) is 1. The van der Waals surface area contributed by atoms with Gasteiger partial charge < -0.3 is 11.1 Å². The van der Waals surface area contributed by atoms with Gasteiger partial charge in [-0.05, 0) is 37.3 Å². The van der Waals surface area contributed by atoms with Gasteiger partial charge in [-0.1, -0.05) is 35.3 Å². The molecule has 0 saturated carbocycles. The first-order chi connectivity index (χ1) is 12.4. The number of halogens is 2. The second-order valence-corrected chi connectivity index (χ2v) is 8.58. The largest absolute Gasteiger partial charge is 0.399 e. The lowest BCUT2D eigenvalue weighted by atomic mass is 10.2. The number of carbonyl (C=O) groups excluding carboxylic acids is 1. The van der Waals surface area contributed by atoms with Gasteiger partial charge in [-0.15, -0.1) is 23.1 Å². The summed E-state index contributed by atoms with van der Waals surface area (Å²) < 4.78 is 0. The first kappa shape index (κ1) is 19.0. The molecule has 3 N–H and O–H groups in total. The molecule has 0 saturated heterocycles. The zero-order chi connectivity index (χ0) is 18.7. The summed E-state index contributed by atoms with van der Waals surface area (Å²) in [7, 11) is 0. The van der Waals surface area contributed by atoms with Crippen LogP contribution in [-0.2, 0) is 4.79 Å². The maximum atomic E-state index is 12.4. The third-order valence-electron chi connectivity index (χ3n) is 3.49. The summed E-state index contributed by atoms with van der Waals surface area (Å²) in [6.07, 6.45) is 0. The SMILES string of the molecule is CC(Sc1cccc(N)c1)C(=O)Nc1nc(-c2ccc(Cl)c(Cl)c2)cs1. The molecule has 0 aliphatic heterocycles. The zero-order valence-corrected chi connectivity index (χ0v) is 16.8. The number of aromatic nitrogens is 1. The van der Waals surface area contributed by atoms with Crippen LogP contribution in [0.5, 0.6) is 0 Å². The smallest absolute Gasteiger partial charge is 0.239 e. The van der Waals surface area contributed by atoms with Crippen LogP contribution in [0.2, 0.25) is 10.0 Å². The Morgan fingerprint density at radius 2 is 2.04 bits per heavy atom. The van der Waals surface area contributed by atoms with Crippen molar-refractivity contribution < 1.29 is 4.79 Å². The molecule has 1 heterocycles. The van der Waals surface area contributed by atoms with Crippen molar-refractivity contribution >= 4 is 63.0 Å². The average molecular weight is 424 g/mol. The number of amides is 1. The molecule has 4 nitrogen and oxygen atoms in total. The van der Waals surface area contributed by atoms with Crippen LogP contribution in [0.15, 0.2) is 52.7 Å². The Morgan fingerprint density at radius 1 is 1.23 bits per heavy atom. The van der Waals surface area contributed by atoms with Crippen LogP contribution in [0.25, 0.3) is 11.3 Å². The molecule has 0 aliphatic carbocycles. The summed E-state index contributed by atoms with van der Waals surface area (Å²) in [4.78, 5) is 17.8. The Balaban J connectivity index is 1.66. The van der Waals surface area contributed by atoms with Crippen LogP contribution in [0.4, 0.5) is 10.8 Å². The molecule has 3 aromatic rings. The summed E-state index contributed by atoms with van der Waals surface area (Å²) in [5.74, 6) is -0.118.